The van der Waals surface area contributed by atoms with Gasteiger partial charge < -0.3 is 5.73 Å². The average Bonchev–Trinajstić information content (AvgIpc) is 2.19. The molecule has 0 aromatic carbocycles. The van der Waals surface area contributed by atoms with E-state index in [1.165, 1.54) is 0 Å². The highest BCUT2D eigenvalue weighted by Gasteiger charge is 2.04. The highest BCUT2D eigenvalue weighted by atomic mass is 14.9. The van der Waals surface area contributed by atoms with Crippen molar-refractivity contribution >= 4 is 16.9 Å². The van der Waals surface area contributed by atoms with Crippen LogP contribution in [0.15, 0.2) is 18.5 Å². The number of hydrogen-bond donors (Lipinski definition) is 1. The molecule has 0 saturated heterocycles. The van der Waals surface area contributed by atoms with E-state index in [1.54, 1.807) is 12.4 Å². The molecule has 0 saturated carbocycles. The summed E-state index contributed by atoms with van der Waals surface area (Å²) >= 11 is 0. The van der Waals surface area contributed by atoms with E-state index in [0.717, 1.165) is 29.6 Å². The van der Waals surface area contributed by atoms with Gasteiger partial charge in [-0.3, -0.25) is 4.98 Å². The first-order valence-corrected chi connectivity index (χ1v) is 4.67. The van der Waals surface area contributed by atoms with Crippen molar-refractivity contribution in [2.24, 2.45) is 0 Å². The molecule has 0 aliphatic heterocycles. The van der Waals surface area contributed by atoms with Crippen LogP contribution in [0.5, 0.6) is 0 Å². The number of nitrogen functional groups attached to an aromatic ring is 1. The average molecular weight is 188 g/mol. The maximum absolute atomic E-state index is 5.78. The molecular weight excluding hydrogens is 176 g/mol. The van der Waals surface area contributed by atoms with Gasteiger partial charge in [0.15, 0.2) is 0 Å². The second-order valence-electron chi connectivity index (χ2n) is 3.17. The summed E-state index contributed by atoms with van der Waals surface area (Å²) in [5.74, 6) is 0.533. The van der Waals surface area contributed by atoms with Gasteiger partial charge in [0, 0.05) is 6.20 Å². The number of pyridine rings is 1. The van der Waals surface area contributed by atoms with Crippen molar-refractivity contribution in [3.63, 3.8) is 0 Å². The van der Waals surface area contributed by atoms with E-state index in [4.69, 9.17) is 5.73 Å². The van der Waals surface area contributed by atoms with Gasteiger partial charge in [-0.2, -0.15) is 0 Å². The zero-order chi connectivity index (χ0) is 9.97. The van der Waals surface area contributed by atoms with E-state index in [2.05, 4.69) is 21.9 Å². The Morgan fingerprint density at radius 1 is 1.29 bits per heavy atom. The maximum Gasteiger partial charge on any atom is 0.145 e. The lowest BCUT2D eigenvalue weighted by Crippen LogP contribution is -2.01. The molecule has 0 bridgehead atoms. The molecule has 2 rings (SSSR count). The first kappa shape index (κ1) is 8.87. The number of aromatic nitrogens is 3. The Kier molecular flexibility index (Phi) is 2.26. The Morgan fingerprint density at radius 2 is 2.14 bits per heavy atom. The smallest absolute Gasteiger partial charge is 0.145 e. The van der Waals surface area contributed by atoms with E-state index in [9.17, 15) is 0 Å². The summed E-state index contributed by atoms with van der Waals surface area (Å²) in [6.45, 7) is 2.09. The van der Waals surface area contributed by atoms with Crippen molar-refractivity contribution in [3.05, 3.63) is 24.2 Å². The molecule has 0 fully saturated rings. The number of fused-ring (bicyclic) bond motifs is 1. The van der Waals surface area contributed by atoms with Crippen molar-refractivity contribution in [1.82, 2.24) is 15.0 Å². The van der Waals surface area contributed by atoms with Crippen molar-refractivity contribution in [1.29, 1.82) is 0 Å². The summed E-state index contributed by atoms with van der Waals surface area (Å²) in [5, 5.41) is 0. The first-order valence-electron chi connectivity index (χ1n) is 4.67. The zero-order valence-electron chi connectivity index (χ0n) is 8.07. The Bertz CT molecular complexity index is 453. The van der Waals surface area contributed by atoms with E-state index in [-0.39, 0.29) is 0 Å². The number of nitrogens with zero attached hydrogens (tertiary/aromatic N) is 3. The maximum atomic E-state index is 5.78. The second-order valence-corrected chi connectivity index (χ2v) is 3.17. The van der Waals surface area contributed by atoms with Crippen LogP contribution in [0.2, 0.25) is 0 Å². The van der Waals surface area contributed by atoms with Gasteiger partial charge in [-0.1, -0.05) is 13.3 Å². The number of hydrogen-bond acceptors (Lipinski definition) is 4. The summed E-state index contributed by atoms with van der Waals surface area (Å²) in [4.78, 5) is 12.7. The van der Waals surface area contributed by atoms with Crippen molar-refractivity contribution < 1.29 is 0 Å². The number of nitrogens with two attached hydrogens (primary N) is 1. The van der Waals surface area contributed by atoms with Crippen LogP contribution >= 0.6 is 0 Å². The van der Waals surface area contributed by atoms with E-state index >= 15 is 0 Å². The highest BCUT2D eigenvalue weighted by molar-refractivity contribution is 5.74. The molecule has 72 valence electrons. The molecule has 0 atom stereocenters. The first-order chi connectivity index (χ1) is 6.81. The fourth-order valence-electron chi connectivity index (χ4n) is 1.38. The molecule has 0 aliphatic rings. The van der Waals surface area contributed by atoms with Crippen molar-refractivity contribution in [3.8, 4) is 0 Å². The summed E-state index contributed by atoms with van der Waals surface area (Å²) < 4.78 is 0. The van der Waals surface area contributed by atoms with Crippen LogP contribution in [0, 0.1) is 0 Å². The molecule has 4 nitrogen and oxygen atoms in total. The van der Waals surface area contributed by atoms with Crippen LogP contribution in [-0.2, 0) is 6.42 Å². The Balaban J connectivity index is 2.59. The molecule has 0 spiro atoms. The Morgan fingerprint density at radius 3 is 2.93 bits per heavy atom. The minimum absolute atomic E-state index is 0.533. The van der Waals surface area contributed by atoms with Crippen LogP contribution in [0.1, 0.15) is 19.0 Å². The minimum atomic E-state index is 0.533. The van der Waals surface area contributed by atoms with E-state index in [0.29, 0.717) is 5.82 Å². The lowest BCUT2D eigenvalue weighted by Gasteiger charge is -2.03. The SMILES string of the molecule is CCCc1nc2cnccc2nc1N. The third-order valence-corrected chi connectivity index (χ3v) is 2.06. The van der Waals surface area contributed by atoms with Gasteiger partial charge >= 0.3 is 0 Å². The Labute approximate surface area is 82.2 Å². The topological polar surface area (TPSA) is 64.7 Å². The largest absolute Gasteiger partial charge is 0.382 e. The fraction of sp³-hybridized carbons (Fsp3) is 0.300. The van der Waals surface area contributed by atoms with E-state index in [1.807, 2.05) is 6.07 Å². The summed E-state index contributed by atoms with van der Waals surface area (Å²) in [6, 6.07) is 1.81. The molecular formula is C10H12N4. The van der Waals surface area contributed by atoms with Gasteiger partial charge in [0.1, 0.15) is 11.3 Å². The summed E-state index contributed by atoms with van der Waals surface area (Å²) in [7, 11) is 0. The standard InChI is InChI=1S/C10H12N4/c1-2-3-8-10(11)14-7-4-5-12-6-9(7)13-8/h4-6H,2-3H2,1H3,(H2,11,14). The monoisotopic (exact) mass is 188 g/mol. The lowest BCUT2D eigenvalue weighted by atomic mass is 10.2. The van der Waals surface area contributed by atoms with Gasteiger partial charge in [0.05, 0.1) is 17.4 Å². The quantitative estimate of drug-likeness (QED) is 0.776. The van der Waals surface area contributed by atoms with Gasteiger partial charge in [0.2, 0.25) is 0 Å². The van der Waals surface area contributed by atoms with Crippen molar-refractivity contribution in [2.45, 2.75) is 19.8 Å². The van der Waals surface area contributed by atoms with Crippen molar-refractivity contribution in [2.75, 3.05) is 5.73 Å². The zero-order valence-corrected chi connectivity index (χ0v) is 8.07. The predicted molar refractivity (Wildman–Crippen MR) is 55.7 cm³/mol. The second kappa shape index (κ2) is 3.57. The highest BCUT2D eigenvalue weighted by Crippen LogP contribution is 2.14. The van der Waals surface area contributed by atoms with Gasteiger partial charge in [-0.15, -0.1) is 0 Å². The van der Waals surface area contributed by atoms with E-state index < -0.39 is 0 Å². The molecule has 0 radical (unpaired) electrons. The van der Waals surface area contributed by atoms with Gasteiger partial charge in [0.25, 0.3) is 0 Å². The lowest BCUT2D eigenvalue weighted by molar-refractivity contribution is 0.885. The minimum Gasteiger partial charge on any atom is -0.382 e. The molecule has 14 heavy (non-hydrogen) atoms. The molecule has 0 unspecified atom stereocenters. The molecule has 4 heteroatoms. The fourth-order valence-corrected chi connectivity index (χ4v) is 1.38. The summed E-state index contributed by atoms with van der Waals surface area (Å²) in [6.07, 6.45) is 5.28. The third-order valence-electron chi connectivity index (χ3n) is 2.06. The van der Waals surface area contributed by atoms with Crippen LogP contribution in [-0.4, -0.2) is 15.0 Å². The third kappa shape index (κ3) is 1.51. The van der Waals surface area contributed by atoms with Crippen LogP contribution in [0.4, 0.5) is 5.82 Å². The molecule has 2 N–H and O–H groups in total. The molecule has 0 amide bonds. The molecule has 2 aromatic heterocycles. The molecule has 0 aliphatic carbocycles. The van der Waals surface area contributed by atoms with Gasteiger partial charge in [-0.25, -0.2) is 9.97 Å². The van der Waals surface area contributed by atoms with Crippen LogP contribution in [0.3, 0.4) is 0 Å². The normalized spacial score (nSPS) is 10.6. The van der Waals surface area contributed by atoms with Crippen LogP contribution < -0.4 is 5.73 Å². The molecule has 2 aromatic rings. The number of aryl methyl sites for hydroxylation is 1. The Hall–Kier alpha value is -1.71. The van der Waals surface area contributed by atoms with Crippen LogP contribution in [0.25, 0.3) is 11.0 Å². The predicted octanol–water partition coefficient (Wildman–Crippen LogP) is 1.56. The molecule has 2 heterocycles. The number of anilines is 1. The number of rotatable bonds is 2. The van der Waals surface area contributed by atoms with Gasteiger partial charge in [-0.05, 0) is 12.5 Å². The summed E-state index contributed by atoms with van der Waals surface area (Å²) in [5.41, 5.74) is 8.26.